The van der Waals surface area contributed by atoms with Crippen molar-refractivity contribution in [3.8, 4) is 11.1 Å². The Morgan fingerprint density at radius 1 is 1.13 bits per heavy atom. The number of fused-ring (bicyclic) bond motifs is 1. The summed E-state index contributed by atoms with van der Waals surface area (Å²) in [5.74, 6) is -0.168. The third-order valence-corrected chi connectivity index (χ3v) is 8.78. The standard InChI is InChI=1S/C33H35ClF3N5O3/c1-21(5-8-30(44)40-20-43)42-19-26-13-23(6-7-28(26)32(42)45)17-38-16-22-9-11-41(12-10-22)31-29(33(35,36)37)15-25(18-39-31)24-3-2-4-27(34)14-24/h2-4,6-7,13-15,18,20-22,38H,5,8-12,16-17,19H2,1H3,(H,40,43,44). The number of aromatic nitrogens is 1. The number of piperidine rings is 1. The van der Waals surface area contributed by atoms with Gasteiger partial charge in [-0.2, -0.15) is 13.2 Å². The fourth-order valence-corrected chi connectivity index (χ4v) is 6.20. The van der Waals surface area contributed by atoms with Gasteiger partial charge in [0, 0.05) is 61.0 Å². The van der Waals surface area contributed by atoms with E-state index in [4.69, 9.17) is 11.6 Å². The number of imide groups is 1. The lowest BCUT2D eigenvalue weighted by atomic mass is 9.96. The average molecular weight is 642 g/mol. The van der Waals surface area contributed by atoms with Crippen molar-refractivity contribution in [2.45, 2.75) is 57.9 Å². The van der Waals surface area contributed by atoms with Gasteiger partial charge >= 0.3 is 6.18 Å². The molecule has 0 spiro atoms. The van der Waals surface area contributed by atoms with Crippen LogP contribution >= 0.6 is 11.6 Å². The first-order chi connectivity index (χ1) is 21.5. The molecule has 2 N–H and O–H groups in total. The minimum Gasteiger partial charge on any atom is -0.356 e. The Bertz CT molecular complexity index is 1560. The van der Waals surface area contributed by atoms with Gasteiger partial charge in [-0.1, -0.05) is 35.9 Å². The number of alkyl halides is 3. The van der Waals surface area contributed by atoms with Gasteiger partial charge in [-0.05, 0) is 79.6 Å². The Morgan fingerprint density at radius 3 is 2.62 bits per heavy atom. The lowest BCUT2D eigenvalue weighted by Gasteiger charge is -2.34. The van der Waals surface area contributed by atoms with Gasteiger partial charge in [-0.25, -0.2) is 4.98 Å². The largest absolute Gasteiger partial charge is 0.419 e. The van der Waals surface area contributed by atoms with Crippen molar-refractivity contribution in [3.05, 3.63) is 82.0 Å². The van der Waals surface area contributed by atoms with Crippen LogP contribution in [0.1, 0.15) is 59.7 Å². The highest BCUT2D eigenvalue weighted by atomic mass is 35.5. The first-order valence-corrected chi connectivity index (χ1v) is 15.4. The van der Waals surface area contributed by atoms with Crippen molar-refractivity contribution >= 4 is 35.6 Å². The monoisotopic (exact) mass is 641 g/mol. The van der Waals surface area contributed by atoms with E-state index in [0.717, 1.165) is 36.6 Å². The third kappa shape index (κ3) is 7.83. The van der Waals surface area contributed by atoms with Gasteiger partial charge in [0.05, 0.1) is 5.56 Å². The number of halogens is 4. The summed E-state index contributed by atoms with van der Waals surface area (Å²) in [5.41, 5.74) is 2.83. The van der Waals surface area contributed by atoms with Gasteiger partial charge in [0.1, 0.15) is 5.82 Å². The predicted molar refractivity (Wildman–Crippen MR) is 166 cm³/mol. The Hall–Kier alpha value is -3.96. The van der Waals surface area contributed by atoms with Crippen molar-refractivity contribution < 1.29 is 27.6 Å². The highest BCUT2D eigenvalue weighted by molar-refractivity contribution is 6.30. The van der Waals surface area contributed by atoms with Crippen LogP contribution in [0.25, 0.3) is 11.1 Å². The summed E-state index contributed by atoms with van der Waals surface area (Å²) in [6.45, 7) is 4.64. The maximum absolute atomic E-state index is 14.1. The van der Waals surface area contributed by atoms with Crippen LogP contribution < -0.4 is 15.5 Å². The maximum Gasteiger partial charge on any atom is 0.419 e. The number of carbonyl (C=O) groups excluding carboxylic acids is 3. The van der Waals surface area contributed by atoms with Crippen LogP contribution in [0.3, 0.4) is 0 Å². The smallest absolute Gasteiger partial charge is 0.356 e. The molecule has 3 amide bonds. The molecule has 1 aromatic heterocycles. The van der Waals surface area contributed by atoms with E-state index in [-0.39, 0.29) is 30.1 Å². The molecule has 2 aliphatic rings. The Kier molecular flexibility index (Phi) is 10.1. The number of nitrogens with one attached hydrogen (secondary N) is 2. The highest BCUT2D eigenvalue weighted by Gasteiger charge is 2.37. The van der Waals surface area contributed by atoms with Crippen molar-refractivity contribution in [3.63, 3.8) is 0 Å². The zero-order valence-electron chi connectivity index (χ0n) is 24.9. The number of hydrogen-bond acceptors (Lipinski definition) is 6. The lowest BCUT2D eigenvalue weighted by molar-refractivity contribution is -0.137. The molecule has 5 rings (SSSR count). The van der Waals surface area contributed by atoms with Crippen LogP contribution in [-0.2, 0) is 28.9 Å². The predicted octanol–water partition coefficient (Wildman–Crippen LogP) is 5.82. The molecule has 3 heterocycles. The molecule has 0 saturated carbocycles. The Labute approximate surface area is 264 Å². The van der Waals surface area contributed by atoms with E-state index in [2.05, 4.69) is 15.6 Å². The third-order valence-electron chi connectivity index (χ3n) is 8.55. The molecule has 1 saturated heterocycles. The molecule has 12 heteroatoms. The zero-order chi connectivity index (χ0) is 32.1. The molecule has 1 unspecified atom stereocenters. The normalized spacial score (nSPS) is 16.1. The van der Waals surface area contributed by atoms with Crippen LogP contribution in [0.5, 0.6) is 0 Å². The number of pyridine rings is 1. The maximum atomic E-state index is 14.1. The summed E-state index contributed by atoms with van der Waals surface area (Å²) in [4.78, 5) is 42.7. The van der Waals surface area contributed by atoms with Gasteiger partial charge in [0.25, 0.3) is 5.91 Å². The number of amides is 3. The lowest BCUT2D eigenvalue weighted by Crippen LogP contribution is -2.38. The number of nitrogens with zero attached hydrogens (tertiary/aromatic N) is 3. The van der Waals surface area contributed by atoms with Gasteiger partial charge < -0.3 is 15.1 Å². The van der Waals surface area contributed by atoms with E-state index >= 15 is 0 Å². The number of anilines is 1. The summed E-state index contributed by atoms with van der Waals surface area (Å²) >= 11 is 6.04. The number of rotatable bonds is 11. The first-order valence-electron chi connectivity index (χ1n) is 15.0. The van der Waals surface area contributed by atoms with E-state index in [9.17, 15) is 27.6 Å². The SMILES string of the molecule is CC(CCC(=O)NC=O)N1Cc2cc(CNCC3CCN(c4ncc(-c5cccc(Cl)c5)cc4C(F)(F)F)CC3)ccc2C1=O. The van der Waals surface area contributed by atoms with E-state index in [1.807, 2.05) is 25.1 Å². The van der Waals surface area contributed by atoms with E-state index < -0.39 is 11.7 Å². The Balaban J connectivity index is 1.13. The number of carbonyl (C=O) groups is 3. The molecule has 0 radical (unpaired) electrons. The summed E-state index contributed by atoms with van der Waals surface area (Å²) in [6, 6.07) is 13.5. The summed E-state index contributed by atoms with van der Waals surface area (Å²) < 4.78 is 42.3. The second kappa shape index (κ2) is 14.0. The summed E-state index contributed by atoms with van der Waals surface area (Å²) in [5, 5.41) is 6.04. The van der Waals surface area contributed by atoms with Gasteiger partial charge in [0.2, 0.25) is 12.3 Å². The first kappa shape index (κ1) is 32.4. The molecule has 1 atom stereocenters. The summed E-state index contributed by atoms with van der Waals surface area (Å²) in [7, 11) is 0. The van der Waals surface area contributed by atoms with E-state index in [1.54, 1.807) is 34.1 Å². The number of hydrogen-bond donors (Lipinski definition) is 2. The zero-order valence-corrected chi connectivity index (χ0v) is 25.6. The second-order valence-corrected chi connectivity index (χ2v) is 12.1. The van der Waals surface area contributed by atoms with E-state index in [1.165, 1.54) is 6.20 Å². The van der Waals surface area contributed by atoms with Gasteiger partial charge in [-0.15, -0.1) is 0 Å². The van der Waals surface area contributed by atoms with Crippen LogP contribution in [0.15, 0.2) is 54.7 Å². The van der Waals surface area contributed by atoms with Crippen LogP contribution in [0.2, 0.25) is 5.02 Å². The molecule has 1 fully saturated rings. The molecule has 2 aromatic carbocycles. The highest BCUT2D eigenvalue weighted by Crippen LogP contribution is 2.39. The Morgan fingerprint density at radius 2 is 1.91 bits per heavy atom. The molecule has 238 valence electrons. The van der Waals surface area contributed by atoms with Gasteiger partial charge in [0.15, 0.2) is 0 Å². The van der Waals surface area contributed by atoms with Crippen molar-refractivity contribution in [1.82, 2.24) is 20.5 Å². The second-order valence-electron chi connectivity index (χ2n) is 11.7. The van der Waals surface area contributed by atoms with Crippen molar-refractivity contribution in [2.24, 2.45) is 5.92 Å². The minimum absolute atomic E-state index is 0.0417. The molecule has 45 heavy (non-hydrogen) atoms. The molecule has 0 aliphatic carbocycles. The van der Waals surface area contributed by atoms with Gasteiger partial charge in [-0.3, -0.25) is 19.7 Å². The fraction of sp³-hybridized carbons (Fsp3) is 0.394. The number of benzene rings is 2. The quantitative estimate of drug-likeness (QED) is 0.256. The van der Waals surface area contributed by atoms with Crippen LogP contribution in [0.4, 0.5) is 19.0 Å². The molecule has 2 aliphatic heterocycles. The molecule has 8 nitrogen and oxygen atoms in total. The van der Waals surface area contributed by atoms with Crippen LogP contribution in [0, 0.1) is 5.92 Å². The van der Waals surface area contributed by atoms with Crippen LogP contribution in [-0.4, -0.2) is 53.8 Å². The van der Waals surface area contributed by atoms with Crippen molar-refractivity contribution in [1.29, 1.82) is 0 Å². The topological polar surface area (TPSA) is 94.6 Å². The molecule has 3 aromatic rings. The summed E-state index contributed by atoms with van der Waals surface area (Å²) in [6.07, 6.45) is -0.632. The fourth-order valence-electron chi connectivity index (χ4n) is 6.01. The minimum atomic E-state index is -4.54. The van der Waals surface area contributed by atoms with Crippen molar-refractivity contribution in [2.75, 3.05) is 24.5 Å². The molecular weight excluding hydrogens is 607 g/mol. The average Bonchev–Trinajstić information content (AvgIpc) is 3.35. The van der Waals surface area contributed by atoms with E-state index in [0.29, 0.717) is 66.6 Å². The molecular formula is C33H35ClF3N5O3. The molecule has 0 bridgehead atoms.